The Balaban J connectivity index is 1.82. The molecule has 0 amide bonds. The molecule has 1 aromatic rings. The molecule has 1 saturated heterocycles. The summed E-state index contributed by atoms with van der Waals surface area (Å²) >= 11 is 1.44. The first-order chi connectivity index (χ1) is 7.25. The van der Waals surface area contributed by atoms with Gasteiger partial charge in [-0.3, -0.25) is 4.90 Å². The molecule has 0 bridgehead atoms. The van der Waals surface area contributed by atoms with E-state index in [9.17, 15) is 5.11 Å². The summed E-state index contributed by atoms with van der Waals surface area (Å²) in [7, 11) is 0. The summed E-state index contributed by atoms with van der Waals surface area (Å²) in [6, 6.07) is 0. The van der Waals surface area contributed by atoms with Crippen molar-refractivity contribution in [1.82, 2.24) is 14.3 Å². The second-order valence-electron chi connectivity index (χ2n) is 3.86. The predicted molar refractivity (Wildman–Crippen MR) is 60.2 cm³/mol. The van der Waals surface area contributed by atoms with E-state index in [1.54, 1.807) is 6.33 Å². The van der Waals surface area contributed by atoms with Crippen molar-refractivity contribution in [3.63, 3.8) is 0 Å². The van der Waals surface area contributed by atoms with Crippen LogP contribution in [0, 0.1) is 0 Å². The summed E-state index contributed by atoms with van der Waals surface area (Å²) in [6.45, 7) is 6.53. The standard InChI is InChI=1S/C9H16N4OS/c1-8(14)6-12-2-4-13(5-3-12)9-10-7-11-15-9/h7-8,14H,2-6H2,1H3/t8-/m1/s1. The van der Waals surface area contributed by atoms with E-state index in [0.29, 0.717) is 0 Å². The minimum atomic E-state index is -0.238. The normalized spacial score (nSPS) is 20.5. The average Bonchev–Trinajstić information content (AvgIpc) is 2.71. The zero-order valence-electron chi connectivity index (χ0n) is 8.83. The highest BCUT2D eigenvalue weighted by molar-refractivity contribution is 7.09. The molecule has 1 atom stereocenters. The Morgan fingerprint density at radius 2 is 2.20 bits per heavy atom. The van der Waals surface area contributed by atoms with E-state index in [4.69, 9.17) is 0 Å². The lowest BCUT2D eigenvalue weighted by Gasteiger charge is -2.34. The number of hydrogen-bond donors (Lipinski definition) is 1. The molecule has 84 valence electrons. The zero-order chi connectivity index (χ0) is 10.7. The van der Waals surface area contributed by atoms with E-state index in [1.165, 1.54) is 11.5 Å². The maximum Gasteiger partial charge on any atom is 0.205 e. The first-order valence-electron chi connectivity index (χ1n) is 5.18. The zero-order valence-corrected chi connectivity index (χ0v) is 9.65. The monoisotopic (exact) mass is 228 g/mol. The van der Waals surface area contributed by atoms with E-state index in [0.717, 1.165) is 37.9 Å². The Morgan fingerprint density at radius 3 is 2.73 bits per heavy atom. The van der Waals surface area contributed by atoms with Crippen molar-refractivity contribution in [1.29, 1.82) is 0 Å². The highest BCUT2D eigenvalue weighted by Crippen LogP contribution is 2.16. The molecule has 0 radical (unpaired) electrons. The van der Waals surface area contributed by atoms with Crippen LogP contribution in [0.2, 0.25) is 0 Å². The Hall–Kier alpha value is -0.720. The summed E-state index contributed by atoms with van der Waals surface area (Å²) in [5.41, 5.74) is 0. The molecule has 15 heavy (non-hydrogen) atoms. The van der Waals surface area contributed by atoms with Crippen molar-refractivity contribution in [2.24, 2.45) is 0 Å². The van der Waals surface area contributed by atoms with Gasteiger partial charge in [-0.2, -0.15) is 4.37 Å². The lowest BCUT2D eigenvalue weighted by Crippen LogP contribution is -2.48. The molecule has 6 heteroatoms. The summed E-state index contributed by atoms with van der Waals surface area (Å²) in [5, 5.41) is 10.3. The summed E-state index contributed by atoms with van der Waals surface area (Å²) in [5.74, 6) is 0. The third-order valence-corrected chi connectivity index (χ3v) is 3.24. The number of hydrogen-bond acceptors (Lipinski definition) is 6. The van der Waals surface area contributed by atoms with Gasteiger partial charge in [0.25, 0.3) is 0 Å². The molecule has 0 aromatic carbocycles. The third kappa shape index (κ3) is 2.87. The van der Waals surface area contributed by atoms with Crippen LogP contribution in [0.1, 0.15) is 6.92 Å². The second kappa shape index (κ2) is 4.87. The molecule has 0 saturated carbocycles. The van der Waals surface area contributed by atoms with Gasteiger partial charge in [0, 0.05) is 44.3 Å². The van der Waals surface area contributed by atoms with Gasteiger partial charge in [-0.1, -0.05) is 0 Å². The third-order valence-electron chi connectivity index (χ3n) is 2.51. The van der Waals surface area contributed by atoms with Gasteiger partial charge < -0.3 is 10.0 Å². The van der Waals surface area contributed by atoms with Crippen molar-refractivity contribution in [2.45, 2.75) is 13.0 Å². The number of nitrogens with zero attached hydrogens (tertiary/aromatic N) is 4. The Labute approximate surface area is 93.5 Å². The lowest BCUT2D eigenvalue weighted by molar-refractivity contribution is 0.122. The molecule has 1 aliphatic rings. The second-order valence-corrected chi connectivity index (χ2v) is 4.62. The fourth-order valence-electron chi connectivity index (χ4n) is 1.80. The van der Waals surface area contributed by atoms with Crippen molar-refractivity contribution in [3.05, 3.63) is 6.33 Å². The Morgan fingerprint density at radius 1 is 1.47 bits per heavy atom. The first kappa shape index (κ1) is 10.8. The van der Waals surface area contributed by atoms with Crippen LogP contribution in [-0.4, -0.2) is 58.2 Å². The van der Waals surface area contributed by atoms with Crippen LogP contribution >= 0.6 is 11.5 Å². The molecule has 1 fully saturated rings. The number of aliphatic hydroxyl groups excluding tert-OH is 1. The molecular formula is C9H16N4OS. The number of piperazine rings is 1. The van der Waals surface area contributed by atoms with Gasteiger partial charge in [-0.05, 0) is 6.92 Å². The largest absolute Gasteiger partial charge is 0.392 e. The molecule has 2 rings (SSSR count). The SMILES string of the molecule is C[C@@H](O)CN1CCN(c2ncns2)CC1. The van der Waals surface area contributed by atoms with E-state index < -0.39 is 0 Å². The molecule has 0 spiro atoms. The predicted octanol–water partition coefficient (Wildman–Crippen LogP) is 0.0409. The highest BCUT2D eigenvalue weighted by Gasteiger charge is 2.19. The maximum absolute atomic E-state index is 9.28. The van der Waals surface area contributed by atoms with Crippen molar-refractivity contribution in [3.8, 4) is 0 Å². The van der Waals surface area contributed by atoms with Crippen LogP contribution in [0.4, 0.5) is 5.13 Å². The number of aromatic nitrogens is 2. The Kier molecular flexibility index (Phi) is 3.50. The molecule has 1 aliphatic heterocycles. The van der Waals surface area contributed by atoms with Gasteiger partial charge >= 0.3 is 0 Å². The molecule has 1 N–H and O–H groups in total. The number of aliphatic hydroxyl groups is 1. The van der Waals surface area contributed by atoms with Gasteiger partial charge in [-0.25, -0.2) is 4.98 Å². The molecule has 1 aromatic heterocycles. The van der Waals surface area contributed by atoms with Crippen molar-refractivity contribution in [2.75, 3.05) is 37.6 Å². The highest BCUT2D eigenvalue weighted by atomic mass is 32.1. The number of rotatable bonds is 3. The molecule has 2 heterocycles. The van der Waals surface area contributed by atoms with Gasteiger partial charge in [-0.15, -0.1) is 0 Å². The minimum Gasteiger partial charge on any atom is -0.392 e. The topological polar surface area (TPSA) is 52.5 Å². The molecular weight excluding hydrogens is 212 g/mol. The average molecular weight is 228 g/mol. The van der Waals surface area contributed by atoms with Gasteiger partial charge in [0.2, 0.25) is 5.13 Å². The Bertz CT molecular complexity index is 282. The molecule has 0 unspecified atom stereocenters. The van der Waals surface area contributed by atoms with Crippen LogP contribution in [0.5, 0.6) is 0 Å². The van der Waals surface area contributed by atoms with Crippen LogP contribution < -0.4 is 4.90 Å². The molecule has 0 aliphatic carbocycles. The van der Waals surface area contributed by atoms with Gasteiger partial charge in [0.1, 0.15) is 6.33 Å². The van der Waals surface area contributed by atoms with Gasteiger partial charge in [0.15, 0.2) is 0 Å². The smallest absolute Gasteiger partial charge is 0.205 e. The van der Waals surface area contributed by atoms with E-state index in [1.807, 2.05) is 6.92 Å². The van der Waals surface area contributed by atoms with E-state index in [2.05, 4.69) is 19.2 Å². The van der Waals surface area contributed by atoms with Crippen LogP contribution in [-0.2, 0) is 0 Å². The lowest BCUT2D eigenvalue weighted by atomic mass is 10.3. The summed E-state index contributed by atoms with van der Waals surface area (Å²) in [6.07, 6.45) is 1.36. The van der Waals surface area contributed by atoms with Crippen LogP contribution in [0.3, 0.4) is 0 Å². The fourth-order valence-corrected chi connectivity index (χ4v) is 2.38. The van der Waals surface area contributed by atoms with Crippen LogP contribution in [0.15, 0.2) is 6.33 Å². The van der Waals surface area contributed by atoms with Gasteiger partial charge in [0.05, 0.1) is 6.10 Å². The summed E-state index contributed by atoms with van der Waals surface area (Å²) < 4.78 is 4.00. The quantitative estimate of drug-likeness (QED) is 0.791. The van der Waals surface area contributed by atoms with Crippen molar-refractivity contribution < 1.29 is 5.11 Å². The molecule has 5 nitrogen and oxygen atoms in total. The van der Waals surface area contributed by atoms with E-state index >= 15 is 0 Å². The maximum atomic E-state index is 9.28. The first-order valence-corrected chi connectivity index (χ1v) is 5.95. The van der Waals surface area contributed by atoms with E-state index in [-0.39, 0.29) is 6.10 Å². The number of anilines is 1. The summed E-state index contributed by atoms with van der Waals surface area (Å²) in [4.78, 5) is 8.72. The minimum absolute atomic E-state index is 0.238. The van der Waals surface area contributed by atoms with Crippen molar-refractivity contribution >= 4 is 16.7 Å². The fraction of sp³-hybridized carbons (Fsp3) is 0.778. The number of β-amino-alcohol motifs (C(OH)–C–C–N with tert-alkyl or cyclic N) is 1. The van der Waals surface area contributed by atoms with Crippen LogP contribution in [0.25, 0.3) is 0 Å².